The number of anilines is 2. The van der Waals surface area contributed by atoms with Crippen molar-refractivity contribution < 1.29 is 0 Å². The van der Waals surface area contributed by atoms with Gasteiger partial charge in [-0.1, -0.05) is 66.7 Å². The molecule has 0 aliphatic rings. The van der Waals surface area contributed by atoms with E-state index in [9.17, 15) is 0 Å². The third kappa shape index (κ3) is 2.84. The van der Waals surface area contributed by atoms with Crippen molar-refractivity contribution in [1.82, 2.24) is 4.57 Å². The molecule has 0 fully saturated rings. The molecule has 0 amide bonds. The quantitative estimate of drug-likeness (QED) is 0.347. The minimum absolute atomic E-state index is 0.825. The van der Waals surface area contributed by atoms with Gasteiger partial charge in [0.2, 0.25) is 0 Å². The van der Waals surface area contributed by atoms with Crippen LogP contribution in [0.5, 0.6) is 0 Å². The third-order valence-corrected chi connectivity index (χ3v) is 5.46. The number of rotatable bonds is 4. The number of para-hydroxylation sites is 3. The zero-order chi connectivity index (χ0) is 18.9. The second kappa shape index (κ2) is 6.90. The molecule has 4 aromatic carbocycles. The van der Waals surface area contributed by atoms with E-state index in [1.165, 1.54) is 38.7 Å². The van der Waals surface area contributed by atoms with Crippen molar-refractivity contribution >= 4 is 33.2 Å². The number of nitrogens with zero attached hydrogens (tertiary/aromatic N) is 2. The van der Waals surface area contributed by atoms with E-state index in [1.807, 2.05) is 0 Å². The van der Waals surface area contributed by atoms with Crippen LogP contribution in [0.3, 0.4) is 0 Å². The molecule has 136 valence electrons. The van der Waals surface area contributed by atoms with E-state index >= 15 is 0 Å². The molecule has 5 aromatic rings. The van der Waals surface area contributed by atoms with Crippen LogP contribution >= 0.6 is 0 Å². The third-order valence-electron chi connectivity index (χ3n) is 5.46. The van der Waals surface area contributed by atoms with Crippen LogP contribution in [0.2, 0.25) is 0 Å². The van der Waals surface area contributed by atoms with Crippen LogP contribution in [0.1, 0.15) is 5.56 Å². The highest BCUT2D eigenvalue weighted by Crippen LogP contribution is 2.31. The van der Waals surface area contributed by atoms with Crippen molar-refractivity contribution in [1.29, 1.82) is 0 Å². The summed E-state index contributed by atoms with van der Waals surface area (Å²) in [5.74, 6) is 0. The number of benzene rings is 4. The van der Waals surface area contributed by atoms with Crippen LogP contribution < -0.4 is 4.90 Å². The predicted octanol–water partition coefficient (Wildman–Crippen LogP) is 6.67. The summed E-state index contributed by atoms with van der Waals surface area (Å²) in [6.07, 6.45) is 0. The molecular weight excluding hydrogens is 340 g/mol. The van der Waals surface area contributed by atoms with E-state index in [0.717, 1.165) is 6.54 Å². The maximum absolute atomic E-state index is 2.36. The first-order valence-electron chi connectivity index (χ1n) is 9.65. The average molecular weight is 362 g/mol. The van der Waals surface area contributed by atoms with Crippen molar-refractivity contribution in [2.75, 3.05) is 4.90 Å². The number of hydrogen-bond donors (Lipinski definition) is 0. The Labute approximate surface area is 165 Å². The lowest BCUT2D eigenvalue weighted by Crippen LogP contribution is -2.16. The molecule has 28 heavy (non-hydrogen) atoms. The first-order chi connectivity index (χ1) is 13.8. The first-order valence-corrected chi connectivity index (χ1v) is 9.65. The van der Waals surface area contributed by atoms with Crippen LogP contribution in [-0.4, -0.2) is 4.57 Å². The molecule has 0 bridgehead atoms. The van der Waals surface area contributed by atoms with E-state index in [-0.39, 0.29) is 0 Å². The van der Waals surface area contributed by atoms with Crippen molar-refractivity contribution in [2.24, 2.45) is 7.05 Å². The lowest BCUT2D eigenvalue weighted by Gasteiger charge is -2.25. The smallest absolute Gasteiger partial charge is 0.0492 e. The number of hydrogen-bond acceptors (Lipinski definition) is 1. The highest BCUT2D eigenvalue weighted by molar-refractivity contribution is 6.08. The Morgan fingerprint density at radius 1 is 0.607 bits per heavy atom. The molecule has 1 aromatic heterocycles. The summed E-state index contributed by atoms with van der Waals surface area (Å²) in [5, 5.41) is 2.63. The summed E-state index contributed by atoms with van der Waals surface area (Å²) in [7, 11) is 2.15. The summed E-state index contributed by atoms with van der Waals surface area (Å²) >= 11 is 0. The SMILES string of the molecule is Cn1c2ccccc2c2ccc(CN(c3ccccc3)c3ccccc3)cc21. The van der Waals surface area contributed by atoms with Crippen molar-refractivity contribution in [3.05, 3.63) is 109 Å². The average Bonchev–Trinajstić information content (AvgIpc) is 3.05. The Kier molecular flexibility index (Phi) is 4.10. The normalized spacial score (nSPS) is 11.2. The van der Waals surface area contributed by atoms with Crippen LogP contribution in [0.4, 0.5) is 11.4 Å². The van der Waals surface area contributed by atoms with Crippen molar-refractivity contribution in [3.8, 4) is 0 Å². The standard InChI is InChI=1S/C26H22N2/c1-27-25-15-9-8-14-23(25)24-17-16-20(18-26(24)27)19-28(21-10-4-2-5-11-21)22-12-6-3-7-13-22/h2-18H,19H2,1H3. The highest BCUT2D eigenvalue weighted by Gasteiger charge is 2.12. The minimum Gasteiger partial charge on any atom is -0.344 e. The van der Waals surface area contributed by atoms with Gasteiger partial charge in [-0.05, 0) is 42.0 Å². The molecule has 0 aliphatic heterocycles. The second-order valence-corrected chi connectivity index (χ2v) is 7.18. The van der Waals surface area contributed by atoms with Gasteiger partial charge in [-0.3, -0.25) is 0 Å². The molecular formula is C26H22N2. The summed E-state index contributed by atoms with van der Waals surface area (Å²) in [6.45, 7) is 0.825. The Hall–Kier alpha value is -3.52. The van der Waals surface area contributed by atoms with Crippen LogP contribution in [0.25, 0.3) is 21.8 Å². The molecule has 0 atom stereocenters. The molecule has 2 nitrogen and oxygen atoms in total. The Bertz CT molecular complexity index is 1200. The van der Waals surface area contributed by atoms with Crippen molar-refractivity contribution in [3.63, 3.8) is 0 Å². The van der Waals surface area contributed by atoms with Gasteiger partial charge < -0.3 is 9.47 Å². The first kappa shape index (κ1) is 16.6. The van der Waals surface area contributed by atoms with Gasteiger partial charge in [0.25, 0.3) is 0 Å². The summed E-state index contributed by atoms with van der Waals surface area (Å²) < 4.78 is 2.30. The largest absolute Gasteiger partial charge is 0.344 e. The molecule has 2 heteroatoms. The lowest BCUT2D eigenvalue weighted by atomic mass is 10.1. The van der Waals surface area contributed by atoms with Gasteiger partial charge in [0, 0.05) is 46.8 Å². The monoisotopic (exact) mass is 362 g/mol. The maximum Gasteiger partial charge on any atom is 0.0492 e. The van der Waals surface area contributed by atoms with E-state index in [1.54, 1.807) is 0 Å². The Balaban J connectivity index is 1.60. The number of fused-ring (bicyclic) bond motifs is 3. The van der Waals surface area contributed by atoms with E-state index < -0.39 is 0 Å². The zero-order valence-electron chi connectivity index (χ0n) is 15.9. The summed E-state index contributed by atoms with van der Waals surface area (Å²) in [6, 6.07) is 36.7. The number of aromatic nitrogens is 1. The minimum atomic E-state index is 0.825. The molecule has 0 saturated heterocycles. The van der Waals surface area contributed by atoms with Crippen LogP contribution in [-0.2, 0) is 13.6 Å². The highest BCUT2D eigenvalue weighted by atomic mass is 15.1. The van der Waals surface area contributed by atoms with Crippen molar-refractivity contribution in [2.45, 2.75) is 6.54 Å². The molecule has 0 unspecified atom stereocenters. The Morgan fingerprint density at radius 3 is 1.86 bits per heavy atom. The Morgan fingerprint density at radius 2 is 1.18 bits per heavy atom. The molecule has 0 saturated carbocycles. The molecule has 5 rings (SSSR count). The molecule has 0 aliphatic carbocycles. The fourth-order valence-electron chi connectivity index (χ4n) is 4.03. The van der Waals surface area contributed by atoms with E-state index in [4.69, 9.17) is 0 Å². The second-order valence-electron chi connectivity index (χ2n) is 7.18. The van der Waals surface area contributed by atoms with Gasteiger partial charge >= 0.3 is 0 Å². The topological polar surface area (TPSA) is 8.17 Å². The molecule has 1 heterocycles. The van der Waals surface area contributed by atoms with Gasteiger partial charge in [-0.2, -0.15) is 0 Å². The summed E-state index contributed by atoms with van der Waals surface area (Å²) in [4.78, 5) is 2.36. The van der Waals surface area contributed by atoms with Gasteiger partial charge in [0.1, 0.15) is 0 Å². The zero-order valence-corrected chi connectivity index (χ0v) is 15.9. The maximum atomic E-state index is 2.36. The van der Waals surface area contributed by atoms with Gasteiger partial charge in [0.15, 0.2) is 0 Å². The lowest BCUT2D eigenvalue weighted by molar-refractivity contribution is 0.969. The molecule has 0 N–H and O–H groups in total. The van der Waals surface area contributed by atoms with Gasteiger partial charge in [0.05, 0.1) is 0 Å². The molecule has 0 radical (unpaired) electrons. The van der Waals surface area contributed by atoms with Gasteiger partial charge in [-0.25, -0.2) is 0 Å². The van der Waals surface area contributed by atoms with Gasteiger partial charge in [-0.15, -0.1) is 0 Å². The van der Waals surface area contributed by atoms with Crippen LogP contribution in [0.15, 0.2) is 103 Å². The molecule has 0 spiro atoms. The fraction of sp³-hybridized carbons (Fsp3) is 0.0769. The predicted molar refractivity (Wildman–Crippen MR) is 119 cm³/mol. The number of aryl methyl sites for hydroxylation is 1. The van der Waals surface area contributed by atoms with E-state index in [2.05, 4.69) is 120 Å². The summed E-state index contributed by atoms with van der Waals surface area (Å²) in [5.41, 5.74) is 6.25. The van der Waals surface area contributed by atoms with Crippen LogP contribution in [0, 0.1) is 0 Å². The van der Waals surface area contributed by atoms with E-state index in [0.29, 0.717) is 0 Å². The fourth-order valence-corrected chi connectivity index (χ4v) is 4.03.